The highest BCUT2D eigenvalue weighted by molar-refractivity contribution is 5.85. The number of nitrogens with zero attached hydrogens (tertiary/aromatic N) is 1. The fourth-order valence-electron chi connectivity index (χ4n) is 3.63. The maximum Gasteiger partial charge on any atom is 0.222 e. The minimum Gasteiger partial charge on any atom is -0.343 e. The maximum absolute atomic E-state index is 12.2. The molecule has 3 nitrogen and oxygen atoms in total. The fraction of sp³-hybridized carbons (Fsp3) is 0.929. The Morgan fingerprint density at radius 2 is 1.78 bits per heavy atom. The van der Waals surface area contributed by atoms with Gasteiger partial charge in [0.2, 0.25) is 5.91 Å². The number of piperidine rings is 1. The fourth-order valence-corrected chi connectivity index (χ4v) is 3.63. The summed E-state index contributed by atoms with van der Waals surface area (Å²) in [6.45, 7) is 0. The lowest BCUT2D eigenvalue weighted by molar-refractivity contribution is -0.134. The van der Waals surface area contributed by atoms with Crippen molar-refractivity contribution >= 4 is 18.3 Å². The Balaban J connectivity index is 0.00000120. The van der Waals surface area contributed by atoms with Gasteiger partial charge < -0.3 is 10.2 Å². The van der Waals surface area contributed by atoms with Crippen LogP contribution in [0, 0.1) is 5.92 Å². The molecule has 2 atom stereocenters. The van der Waals surface area contributed by atoms with E-state index in [0.29, 0.717) is 30.0 Å². The van der Waals surface area contributed by atoms with E-state index in [9.17, 15) is 4.79 Å². The van der Waals surface area contributed by atoms with Gasteiger partial charge in [-0.25, -0.2) is 0 Å². The van der Waals surface area contributed by atoms with Crippen molar-refractivity contribution < 1.29 is 4.79 Å². The second-order valence-electron chi connectivity index (χ2n) is 6.27. The predicted octanol–water partition coefficient (Wildman–Crippen LogP) is 2.34. The van der Waals surface area contributed by atoms with Gasteiger partial charge in [0.25, 0.3) is 0 Å². The van der Waals surface area contributed by atoms with Crippen LogP contribution in [0.4, 0.5) is 0 Å². The summed E-state index contributed by atoms with van der Waals surface area (Å²) in [7, 11) is 2.02. The summed E-state index contributed by atoms with van der Waals surface area (Å²) in [5.74, 6) is 1.09. The molecule has 0 aromatic heterocycles. The number of halogens is 1. The number of amides is 1. The standard InChI is InChI=1S/C14H24N2O.ClH/c1-16(14(17)7-10-3-2-4-10)13-8-11-5-6-12(9-13)15-11;/h10-13,15H,2-9H2,1H3;1H. The van der Waals surface area contributed by atoms with Gasteiger partial charge in [-0.3, -0.25) is 4.79 Å². The molecule has 3 rings (SSSR count). The van der Waals surface area contributed by atoms with Gasteiger partial charge in [0, 0.05) is 31.6 Å². The maximum atomic E-state index is 12.2. The first-order valence-electron chi connectivity index (χ1n) is 7.24. The van der Waals surface area contributed by atoms with E-state index in [1.807, 2.05) is 7.05 Å². The van der Waals surface area contributed by atoms with Crippen LogP contribution in [0.15, 0.2) is 0 Å². The zero-order valence-corrected chi connectivity index (χ0v) is 12.0. The topological polar surface area (TPSA) is 32.3 Å². The lowest BCUT2D eigenvalue weighted by Gasteiger charge is -2.37. The van der Waals surface area contributed by atoms with Crippen LogP contribution in [-0.2, 0) is 4.79 Å². The number of fused-ring (bicyclic) bond motifs is 2. The number of hydrogen-bond donors (Lipinski definition) is 1. The van der Waals surface area contributed by atoms with Gasteiger partial charge in [0.1, 0.15) is 0 Å². The Hall–Kier alpha value is -0.280. The Bertz CT molecular complexity index is 294. The molecule has 0 aromatic carbocycles. The van der Waals surface area contributed by atoms with Gasteiger partial charge in [0.15, 0.2) is 0 Å². The molecule has 1 amide bonds. The van der Waals surface area contributed by atoms with Crippen molar-refractivity contribution in [3.05, 3.63) is 0 Å². The lowest BCUT2D eigenvalue weighted by atomic mass is 9.82. The summed E-state index contributed by atoms with van der Waals surface area (Å²) in [5, 5.41) is 3.64. The van der Waals surface area contributed by atoms with Crippen molar-refractivity contribution in [1.29, 1.82) is 0 Å². The Morgan fingerprint density at radius 3 is 2.28 bits per heavy atom. The molecule has 3 aliphatic rings. The number of hydrogen-bond acceptors (Lipinski definition) is 2. The van der Waals surface area contributed by atoms with Crippen molar-refractivity contribution in [2.24, 2.45) is 5.92 Å². The van der Waals surface area contributed by atoms with E-state index in [1.54, 1.807) is 0 Å². The summed E-state index contributed by atoms with van der Waals surface area (Å²) in [5.41, 5.74) is 0. The molecule has 18 heavy (non-hydrogen) atoms. The molecule has 1 N–H and O–H groups in total. The van der Waals surface area contributed by atoms with Crippen molar-refractivity contribution in [1.82, 2.24) is 10.2 Å². The predicted molar refractivity (Wildman–Crippen MR) is 74.9 cm³/mol. The second kappa shape index (κ2) is 5.79. The average Bonchev–Trinajstić information content (AvgIpc) is 2.61. The minimum atomic E-state index is 0. The lowest BCUT2D eigenvalue weighted by Crippen LogP contribution is -2.49. The summed E-state index contributed by atoms with van der Waals surface area (Å²) in [6.07, 6.45) is 9.65. The number of rotatable bonds is 3. The van der Waals surface area contributed by atoms with E-state index < -0.39 is 0 Å². The van der Waals surface area contributed by atoms with E-state index in [-0.39, 0.29) is 12.4 Å². The molecule has 4 heteroatoms. The van der Waals surface area contributed by atoms with E-state index in [0.717, 1.165) is 6.42 Å². The van der Waals surface area contributed by atoms with Crippen LogP contribution in [0.3, 0.4) is 0 Å². The SMILES string of the molecule is CN(C(=O)CC1CCC1)C1CC2CCC(C1)N2.Cl. The second-order valence-corrected chi connectivity index (χ2v) is 6.27. The number of carbonyl (C=O) groups is 1. The van der Waals surface area contributed by atoms with E-state index in [2.05, 4.69) is 10.2 Å². The highest BCUT2D eigenvalue weighted by Crippen LogP contribution is 2.32. The first-order valence-corrected chi connectivity index (χ1v) is 7.24. The van der Waals surface area contributed by atoms with Gasteiger partial charge in [-0.2, -0.15) is 0 Å². The van der Waals surface area contributed by atoms with Crippen LogP contribution < -0.4 is 5.32 Å². The van der Waals surface area contributed by atoms with E-state index in [4.69, 9.17) is 0 Å². The summed E-state index contributed by atoms with van der Waals surface area (Å²) in [6, 6.07) is 1.86. The van der Waals surface area contributed by atoms with Crippen LogP contribution in [0.1, 0.15) is 51.4 Å². The smallest absolute Gasteiger partial charge is 0.222 e. The average molecular weight is 273 g/mol. The van der Waals surface area contributed by atoms with Gasteiger partial charge in [-0.05, 0) is 44.4 Å². The van der Waals surface area contributed by atoms with Crippen LogP contribution in [0.2, 0.25) is 0 Å². The van der Waals surface area contributed by atoms with E-state index in [1.165, 1.54) is 44.9 Å². The summed E-state index contributed by atoms with van der Waals surface area (Å²) in [4.78, 5) is 14.2. The van der Waals surface area contributed by atoms with Crippen LogP contribution in [0.5, 0.6) is 0 Å². The highest BCUT2D eigenvalue weighted by Gasteiger charge is 2.36. The van der Waals surface area contributed by atoms with Crippen molar-refractivity contribution in [3.63, 3.8) is 0 Å². The molecule has 2 bridgehead atoms. The van der Waals surface area contributed by atoms with Gasteiger partial charge in [0.05, 0.1) is 0 Å². The van der Waals surface area contributed by atoms with Crippen LogP contribution in [0.25, 0.3) is 0 Å². The molecule has 0 radical (unpaired) electrons. The molecule has 3 fully saturated rings. The number of nitrogens with one attached hydrogen (secondary N) is 1. The zero-order chi connectivity index (χ0) is 11.8. The molecular formula is C14H25ClN2O. The van der Waals surface area contributed by atoms with Crippen molar-refractivity contribution in [3.8, 4) is 0 Å². The Morgan fingerprint density at radius 1 is 1.17 bits per heavy atom. The summed E-state index contributed by atoms with van der Waals surface area (Å²) < 4.78 is 0. The molecule has 1 saturated carbocycles. The molecule has 2 unspecified atom stereocenters. The first kappa shape index (κ1) is 14.1. The van der Waals surface area contributed by atoms with Gasteiger partial charge in [-0.1, -0.05) is 6.42 Å². The first-order chi connectivity index (χ1) is 8.22. The largest absolute Gasteiger partial charge is 0.343 e. The molecule has 1 aliphatic carbocycles. The van der Waals surface area contributed by atoms with Crippen molar-refractivity contribution in [2.45, 2.75) is 69.5 Å². The molecule has 0 spiro atoms. The van der Waals surface area contributed by atoms with Crippen LogP contribution in [-0.4, -0.2) is 36.0 Å². The minimum absolute atomic E-state index is 0. The molecule has 2 saturated heterocycles. The van der Waals surface area contributed by atoms with Crippen molar-refractivity contribution in [2.75, 3.05) is 7.05 Å². The Labute approximate surface area is 116 Å². The third-order valence-corrected chi connectivity index (χ3v) is 5.08. The van der Waals surface area contributed by atoms with Crippen LogP contribution >= 0.6 is 12.4 Å². The Kier molecular flexibility index (Phi) is 4.54. The third-order valence-electron chi connectivity index (χ3n) is 5.08. The molecular weight excluding hydrogens is 248 g/mol. The number of carbonyl (C=O) groups excluding carboxylic acids is 1. The quantitative estimate of drug-likeness (QED) is 0.855. The van der Waals surface area contributed by atoms with E-state index >= 15 is 0 Å². The third kappa shape index (κ3) is 2.83. The highest BCUT2D eigenvalue weighted by atomic mass is 35.5. The van der Waals surface area contributed by atoms with Gasteiger partial charge in [-0.15, -0.1) is 12.4 Å². The monoisotopic (exact) mass is 272 g/mol. The summed E-state index contributed by atoms with van der Waals surface area (Å²) >= 11 is 0. The zero-order valence-electron chi connectivity index (χ0n) is 11.2. The molecule has 2 heterocycles. The normalized spacial score (nSPS) is 34.6. The molecule has 104 valence electrons. The molecule has 0 aromatic rings. The van der Waals surface area contributed by atoms with Gasteiger partial charge >= 0.3 is 0 Å². The molecule has 2 aliphatic heterocycles.